The molecule has 6 heteroatoms. The van der Waals surface area contributed by atoms with Crippen LogP contribution in [0.4, 0.5) is 5.82 Å². The third kappa shape index (κ3) is 3.63. The van der Waals surface area contributed by atoms with Crippen molar-refractivity contribution in [3.8, 4) is 17.2 Å². The first kappa shape index (κ1) is 16.6. The summed E-state index contributed by atoms with van der Waals surface area (Å²) in [5.74, 6) is 2.37. The standard InChI is InChI=1S/C19H19N3O3/c1-23-16-10-13(11-17(24-2)19(16)25-3)12-20-22-18-9-8-14-6-4-5-7-15(14)21-18/h4-12H,1-3H3,(H,21,22). The number of hydrogen-bond donors (Lipinski definition) is 1. The molecule has 0 saturated carbocycles. The lowest BCUT2D eigenvalue weighted by Gasteiger charge is -2.12. The van der Waals surface area contributed by atoms with Crippen molar-refractivity contribution in [1.29, 1.82) is 0 Å². The van der Waals surface area contributed by atoms with Crippen LogP contribution in [0.1, 0.15) is 5.56 Å². The zero-order chi connectivity index (χ0) is 17.6. The SMILES string of the molecule is COc1cc(C=NNc2ccc3ccccc3n2)cc(OC)c1OC. The van der Waals surface area contributed by atoms with Crippen LogP contribution in [0.2, 0.25) is 0 Å². The quantitative estimate of drug-likeness (QED) is 0.549. The van der Waals surface area contributed by atoms with Crippen LogP contribution in [0.25, 0.3) is 10.9 Å². The second-order valence-electron chi connectivity index (χ2n) is 5.22. The lowest BCUT2D eigenvalue weighted by atomic mass is 10.2. The first-order valence-electron chi connectivity index (χ1n) is 7.70. The molecule has 0 aliphatic carbocycles. The number of fused-ring (bicyclic) bond motifs is 1. The molecule has 0 amide bonds. The minimum Gasteiger partial charge on any atom is -0.493 e. The molecule has 0 fully saturated rings. The molecule has 1 N–H and O–H groups in total. The molecule has 1 aromatic heterocycles. The maximum Gasteiger partial charge on any atom is 0.203 e. The predicted octanol–water partition coefficient (Wildman–Crippen LogP) is 3.71. The zero-order valence-electron chi connectivity index (χ0n) is 14.3. The van der Waals surface area contributed by atoms with Crippen LogP contribution in [-0.2, 0) is 0 Å². The Kier molecular flexibility index (Phi) is 4.99. The average molecular weight is 337 g/mol. The number of ether oxygens (including phenoxy) is 3. The number of rotatable bonds is 6. The van der Waals surface area contributed by atoms with Gasteiger partial charge in [-0.05, 0) is 30.3 Å². The van der Waals surface area contributed by atoms with Gasteiger partial charge in [-0.15, -0.1) is 0 Å². The predicted molar refractivity (Wildman–Crippen MR) is 99.1 cm³/mol. The first-order chi connectivity index (χ1) is 12.2. The van der Waals surface area contributed by atoms with Crippen LogP contribution >= 0.6 is 0 Å². The smallest absolute Gasteiger partial charge is 0.203 e. The van der Waals surface area contributed by atoms with Crippen molar-refractivity contribution in [2.45, 2.75) is 0 Å². The highest BCUT2D eigenvalue weighted by Crippen LogP contribution is 2.37. The van der Waals surface area contributed by atoms with Gasteiger partial charge in [0.05, 0.1) is 33.1 Å². The fraction of sp³-hybridized carbons (Fsp3) is 0.158. The second kappa shape index (κ2) is 7.53. The molecular weight excluding hydrogens is 318 g/mol. The summed E-state index contributed by atoms with van der Waals surface area (Å²) in [7, 11) is 4.73. The lowest BCUT2D eigenvalue weighted by molar-refractivity contribution is 0.324. The van der Waals surface area contributed by atoms with Gasteiger partial charge in [-0.25, -0.2) is 4.98 Å². The molecule has 25 heavy (non-hydrogen) atoms. The lowest BCUT2D eigenvalue weighted by Crippen LogP contribution is -1.98. The summed E-state index contributed by atoms with van der Waals surface area (Å²) in [6.07, 6.45) is 1.67. The molecule has 0 aliphatic rings. The van der Waals surface area contributed by atoms with Gasteiger partial charge in [-0.3, -0.25) is 5.43 Å². The monoisotopic (exact) mass is 337 g/mol. The number of pyridine rings is 1. The Hall–Kier alpha value is -3.28. The third-order valence-corrected chi connectivity index (χ3v) is 3.68. The van der Waals surface area contributed by atoms with Gasteiger partial charge in [-0.2, -0.15) is 5.10 Å². The number of methoxy groups -OCH3 is 3. The summed E-state index contributed by atoms with van der Waals surface area (Å²) >= 11 is 0. The van der Waals surface area contributed by atoms with Crippen LogP contribution in [0.5, 0.6) is 17.2 Å². The van der Waals surface area contributed by atoms with E-state index in [2.05, 4.69) is 15.5 Å². The van der Waals surface area contributed by atoms with Crippen LogP contribution in [0, 0.1) is 0 Å². The summed E-state index contributed by atoms with van der Waals surface area (Å²) in [4.78, 5) is 4.51. The summed E-state index contributed by atoms with van der Waals surface area (Å²) < 4.78 is 16.0. The van der Waals surface area contributed by atoms with E-state index in [1.54, 1.807) is 27.5 Å². The summed E-state index contributed by atoms with van der Waals surface area (Å²) in [6.45, 7) is 0. The second-order valence-corrected chi connectivity index (χ2v) is 5.22. The highest BCUT2D eigenvalue weighted by Gasteiger charge is 2.12. The van der Waals surface area contributed by atoms with E-state index < -0.39 is 0 Å². The number of aromatic nitrogens is 1. The van der Waals surface area contributed by atoms with Gasteiger partial charge in [0, 0.05) is 10.9 Å². The highest BCUT2D eigenvalue weighted by atomic mass is 16.5. The van der Waals surface area contributed by atoms with E-state index in [-0.39, 0.29) is 0 Å². The fourth-order valence-corrected chi connectivity index (χ4v) is 2.48. The van der Waals surface area contributed by atoms with Crippen molar-refractivity contribution in [2.24, 2.45) is 5.10 Å². The molecule has 0 bridgehead atoms. The van der Waals surface area contributed by atoms with Gasteiger partial charge in [-0.1, -0.05) is 18.2 Å². The van der Waals surface area contributed by atoms with Gasteiger partial charge in [0.2, 0.25) is 5.75 Å². The van der Waals surface area contributed by atoms with Crippen molar-refractivity contribution in [3.05, 3.63) is 54.1 Å². The largest absolute Gasteiger partial charge is 0.493 e. The topological polar surface area (TPSA) is 65.0 Å². The number of hydrazone groups is 1. The molecule has 6 nitrogen and oxygen atoms in total. The highest BCUT2D eigenvalue weighted by molar-refractivity contribution is 5.83. The zero-order valence-corrected chi connectivity index (χ0v) is 14.3. The van der Waals surface area contributed by atoms with Crippen LogP contribution < -0.4 is 19.6 Å². The molecule has 128 valence electrons. The van der Waals surface area contributed by atoms with Gasteiger partial charge in [0.15, 0.2) is 11.5 Å². The summed E-state index contributed by atoms with van der Waals surface area (Å²) in [6, 6.07) is 15.4. The third-order valence-electron chi connectivity index (χ3n) is 3.68. The minimum absolute atomic E-state index is 0.548. The van der Waals surface area contributed by atoms with E-state index in [1.807, 2.05) is 48.5 Å². The molecule has 3 rings (SSSR count). The maximum absolute atomic E-state index is 5.33. The average Bonchev–Trinajstić information content (AvgIpc) is 2.67. The Morgan fingerprint density at radius 1 is 0.920 bits per heavy atom. The Bertz CT molecular complexity index is 884. The van der Waals surface area contributed by atoms with E-state index >= 15 is 0 Å². The van der Waals surface area contributed by atoms with E-state index in [4.69, 9.17) is 14.2 Å². The molecule has 0 unspecified atom stereocenters. The van der Waals surface area contributed by atoms with Gasteiger partial charge < -0.3 is 14.2 Å². The first-order valence-corrected chi connectivity index (χ1v) is 7.70. The molecule has 0 atom stereocenters. The van der Waals surface area contributed by atoms with Gasteiger partial charge in [0.1, 0.15) is 5.82 Å². The van der Waals surface area contributed by atoms with Gasteiger partial charge in [0.25, 0.3) is 0 Å². The number of anilines is 1. The molecule has 0 radical (unpaired) electrons. The van der Waals surface area contributed by atoms with Crippen LogP contribution in [-0.4, -0.2) is 32.5 Å². The molecular formula is C19H19N3O3. The van der Waals surface area contributed by atoms with E-state index in [0.29, 0.717) is 23.1 Å². The number of hydrogen-bond acceptors (Lipinski definition) is 6. The van der Waals surface area contributed by atoms with Crippen molar-refractivity contribution >= 4 is 22.9 Å². The number of benzene rings is 2. The van der Waals surface area contributed by atoms with Crippen molar-refractivity contribution in [2.75, 3.05) is 26.8 Å². The molecule has 0 spiro atoms. The van der Waals surface area contributed by atoms with Crippen molar-refractivity contribution < 1.29 is 14.2 Å². The molecule has 0 aliphatic heterocycles. The van der Waals surface area contributed by atoms with Crippen LogP contribution in [0.3, 0.4) is 0 Å². The maximum atomic E-state index is 5.33. The van der Waals surface area contributed by atoms with E-state index in [1.165, 1.54) is 0 Å². The molecule has 2 aromatic carbocycles. The summed E-state index contributed by atoms with van der Waals surface area (Å²) in [5, 5.41) is 5.32. The minimum atomic E-state index is 0.548. The van der Waals surface area contributed by atoms with Crippen LogP contribution in [0.15, 0.2) is 53.6 Å². The van der Waals surface area contributed by atoms with Crippen molar-refractivity contribution in [1.82, 2.24) is 4.98 Å². The Morgan fingerprint density at radius 3 is 2.32 bits per heavy atom. The Morgan fingerprint density at radius 2 is 1.64 bits per heavy atom. The number of para-hydroxylation sites is 1. The van der Waals surface area contributed by atoms with E-state index in [9.17, 15) is 0 Å². The molecule has 3 aromatic rings. The summed E-state index contributed by atoms with van der Waals surface area (Å²) in [5.41, 5.74) is 4.65. The van der Waals surface area contributed by atoms with Gasteiger partial charge >= 0.3 is 0 Å². The molecule has 1 heterocycles. The van der Waals surface area contributed by atoms with E-state index in [0.717, 1.165) is 16.5 Å². The molecule has 0 saturated heterocycles. The Balaban J connectivity index is 1.81. The van der Waals surface area contributed by atoms with Crippen molar-refractivity contribution in [3.63, 3.8) is 0 Å². The Labute approximate surface area is 146 Å². The normalized spacial score (nSPS) is 10.8. The fourth-order valence-electron chi connectivity index (χ4n) is 2.48. The number of nitrogens with zero attached hydrogens (tertiary/aromatic N) is 2. The number of nitrogens with one attached hydrogen (secondary N) is 1.